The SMILES string of the molecule is Cn1cc(CN2CCCN(C(=O)c3cc4c(s3)CCC4)CC2)cn1. The van der Waals surface area contributed by atoms with Crippen LogP contribution in [-0.2, 0) is 26.4 Å². The van der Waals surface area contributed by atoms with Gasteiger partial charge in [0.1, 0.15) is 0 Å². The topological polar surface area (TPSA) is 41.4 Å². The van der Waals surface area contributed by atoms with Crippen molar-refractivity contribution in [2.24, 2.45) is 7.05 Å². The Labute approximate surface area is 146 Å². The van der Waals surface area contributed by atoms with Crippen LogP contribution in [0.5, 0.6) is 0 Å². The van der Waals surface area contributed by atoms with E-state index >= 15 is 0 Å². The van der Waals surface area contributed by atoms with Gasteiger partial charge in [-0.05, 0) is 37.3 Å². The van der Waals surface area contributed by atoms with Crippen LogP contribution in [0.3, 0.4) is 0 Å². The van der Waals surface area contributed by atoms with Crippen molar-refractivity contribution >= 4 is 17.2 Å². The van der Waals surface area contributed by atoms with Crippen molar-refractivity contribution < 1.29 is 4.79 Å². The zero-order valence-electron chi connectivity index (χ0n) is 14.2. The molecule has 128 valence electrons. The second kappa shape index (κ2) is 6.69. The molecule has 0 atom stereocenters. The highest BCUT2D eigenvalue weighted by atomic mass is 32.1. The predicted molar refractivity (Wildman–Crippen MR) is 95.3 cm³/mol. The fourth-order valence-electron chi connectivity index (χ4n) is 3.73. The first-order valence-electron chi connectivity index (χ1n) is 8.80. The third-order valence-electron chi connectivity index (χ3n) is 5.00. The van der Waals surface area contributed by atoms with Gasteiger partial charge in [-0.15, -0.1) is 11.3 Å². The van der Waals surface area contributed by atoms with Gasteiger partial charge in [-0.3, -0.25) is 14.4 Å². The molecule has 1 aliphatic carbocycles. The lowest BCUT2D eigenvalue weighted by Gasteiger charge is -2.21. The normalized spacial score (nSPS) is 18.6. The predicted octanol–water partition coefficient (Wildman–Crippen LogP) is 2.32. The summed E-state index contributed by atoms with van der Waals surface area (Å²) in [7, 11) is 1.95. The van der Waals surface area contributed by atoms with Gasteiger partial charge in [0.25, 0.3) is 5.91 Å². The molecule has 0 bridgehead atoms. The molecule has 2 aromatic heterocycles. The highest BCUT2D eigenvalue weighted by molar-refractivity contribution is 7.14. The summed E-state index contributed by atoms with van der Waals surface area (Å²) in [4.78, 5) is 19.7. The van der Waals surface area contributed by atoms with Gasteiger partial charge in [-0.25, -0.2) is 0 Å². The molecule has 5 nitrogen and oxygen atoms in total. The monoisotopic (exact) mass is 344 g/mol. The number of aryl methyl sites for hydroxylation is 3. The van der Waals surface area contributed by atoms with Crippen LogP contribution in [0.2, 0.25) is 0 Å². The minimum absolute atomic E-state index is 0.234. The van der Waals surface area contributed by atoms with Crippen molar-refractivity contribution in [1.29, 1.82) is 0 Å². The molecule has 4 rings (SSSR count). The van der Waals surface area contributed by atoms with Crippen LogP contribution in [-0.4, -0.2) is 51.7 Å². The van der Waals surface area contributed by atoms with Gasteiger partial charge in [0.05, 0.1) is 11.1 Å². The zero-order valence-corrected chi connectivity index (χ0v) is 15.0. The van der Waals surface area contributed by atoms with Crippen molar-refractivity contribution in [2.45, 2.75) is 32.2 Å². The smallest absolute Gasteiger partial charge is 0.263 e. The van der Waals surface area contributed by atoms with Crippen molar-refractivity contribution in [1.82, 2.24) is 19.6 Å². The number of aromatic nitrogens is 2. The Bertz CT molecular complexity index is 714. The summed E-state index contributed by atoms with van der Waals surface area (Å²) in [6.07, 6.45) is 8.60. The molecule has 24 heavy (non-hydrogen) atoms. The van der Waals surface area contributed by atoms with Crippen molar-refractivity contribution in [3.05, 3.63) is 39.3 Å². The van der Waals surface area contributed by atoms with E-state index in [1.54, 1.807) is 11.3 Å². The van der Waals surface area contributed by atoms with Crippen LogP contribution in [0, 0.1) is 0 Å². The van der Waals surface area contributed by atoms with Crippen LogP contribution in [0.1, 0.15) is 38.5 Å². The molecule has 1 amide bonds. The first-order chi connectivity index (χ1) is 11.7. The maximum Gasteiger partial charge on any atom is 0.263 e. The molecule has 1 saturated heterocycles. The standard InChI is InChI=1S/C18H24N4OS/c1-20-12-14(11-19-20)13-21-6-3-7-22(9-8-21)18(23)17-10-15-4-2-5-16(15)24-17/h10-12H,2-9,13H2,1H3. The largest absolute Gasteiger partial charge is 0.337 e. The average molecular weight is 344 g/mol. The minimum atomic E-state index is 0.234. The zero-order chi connectivity index (χ0) is 16.5. The number of nitrogens with zero attached hydrogens (tertiary/aromatic N) is 4. The molecule has 0 N–H and O–H groups in total. The molecule has 2 aliphatic rings. The van der Waals surface area contributed by atoms with Crippen LogP contribution in [0.4, 0.5) is 0 Å². The van der Waals surface area contributed by atoms with E-state index in [4.69, 9.17) is 0 Å². The maximum absolute atomic E-state index is 12.8. The van der Waals surface area contributed by atoms with Gasteiger partial charge < -0.3 is 4.90 Å². The Kier molecular flexibility index (Phi) is 4.41. The van der Waals surface area contributed by atoms with Crippen molar-refractivity contribution in [2.75, 3.05) is 26.2 Å². The Morgan fingerprint density at radius 1 is 1.21 bits per heavy atom. The number of hydrogen-bond donors (Lipinski definition) is 0. The molecule has 2 aromatic rings. The lowest BCUT2D eigenvalue weighted by molar-refractivity contribution is 0.0766. The summed E-state index contributed by atoms with van der Waals surface area (Å²) in [5.74, 6) is 0.234. The summed E-state index contributed by atoms with van der Waals surface area (Å²) in [6, 6.07) is 2.15. The van der Waals surface area contributed by atoms with Crippen molar-refractivity contribution in [3.63, 3.8) is 0 Å². The molecular formula is C18H24N4OS. The van der Waals surface area contributed by atoms with Crippen LogP contribution >= 0.6 is 11.3 Å². The van der Waals surface area contributed by atoms with E-state index in [0.29, 0.717) is 0 Å². The summed E-state index contributed by atoms with van der Waals surface area (Å²) in [5, 5.41) is 4.24. The highest BCUT2D eigenvalue weighted by Crippen LogP contribution is 2.31. The lowest BCUT2D eigenvalue weighted by atomic mass is 10.2. The first kappa shape index (κ1) is 15.8. The number of amides is 1. The molecule has 0 unspecified atom stereocenters. The van der Waals surface area contributed by atoms with Gasteiger partial charge in [-0.1, -0.05) is 0 Å². The second-order valence-electron chi connectivity index (χ2n) is 6.86. The Balaban J connectivity index is 1.37. The fraction of sp³-hybridized carbons (Fsp3) is 0.556. The number of fused-ring (bicyclic) bond motifs is 1. The van der Waals surface area contributed by atoms with Crippen molar-refractivity contribution in [3.8, 4) is 0 Å². The van der Waals surface area contributed by atoms with Gasteiger partial charge >= 0.3 is 0 Å². The molecule has 6 heteroatoms. The summed E-state index contributed by atoms with van der Waals surface area (Å²) in [6.45, 7) is 4.58. The van der Waals surface area contributed by atoms with Crippen LogP contribution < -0.4 is 0 Å². The van der Waals surface area contributed by atoms with E-state index in [2.05, 4.69) is 22.3 Å². The Morgan fingerprint density at radius 3 is 2.92 bits per heavy atom. The number of carbonyl (C=O) groups excluding carboxylic acids is 1. The summed E-state index contributed by atoms with van der Waals surface area (Å²) < 4.78 is 1.85. The molecule has 0 aromatic carbocycles. The molecule has 0 radical (unpaired) electrons. The number of thiophene rings is 1. The molecule has 0 spiro atoms. The van der Waals surface area contributed by atoms with Crippen LogP contribution in [0.25, 0.3) is 0 Å². The quantitative estimate of drug-likeness (QED) is 0.858. The van der Waals surface area contributed by atoms with Gasteiger partial charge in [0.2, 0.25) is 0 Å². The van der Waals surface area contributed by atoms with Gasteiger partial charge in [0.15, 0.2) is 0 Å². The van der Waals surface area contributed by atoms with E-state index in [0.717, 1.165) is 56.9 Å². The minimum Gasteiger partial charge on any atom is -0.337 e. The third kappa shape index (κ3) is 3.26. The van der Waals surface area contributed by atoms with E-state index < -0.39 is 0 Å². The molecule has 1 aliphatic heterocycles. The molecule has 1 fully saturated rings. The molecule has 3 heterocycles. The Morgan fingerprint density at radius 2 is 2.12 bits per heavy atom. The van der Waals surface area contributed by atoms with E-state index in [1.807, 2.05) is 22.8 Å². The first-order valence-corrected chi connectivity index (χ1v) is 9.61. The highest BCUT2D eigenvalue weighted by Gasteiger charge is 2.24. The van der Waals surface area contributed by atoms with Gasteiger partial charge in [-0.2, -0.15) is 5.10 Å². The molecular weight excluding hydrogens is 320 g/mol. The summed E-state index contributed by atoms with van der Waals surface area (Å²) >= 11 is 1.72. The number of hydrogen-bond acceptors (Lipinski definition) is 4. The van der Waals surface area contributed by atoms with Crippen LogP contribution in [0.15, 0.2) is 18.5 Å². The average Bonchev–Trinajstić information content (AvgIpc) is 3.21. The summed E-state index contributed by atoms with van der Waals surface area (Å²) in [5.41, 5.74) is 2.66. The van der Waals surface area contributed by atoms with E-state index in [-0.39, 0.29) is 5.91 Å². The fourth-order valence-corrected chi connectivity index (χ4v) is 4.96. The third-order valence-corrected chi connectivity index (χ3v) is 6.22. The maximum atomic E-state index is 12.8. The number of carbonyl (C=O) groups is 1. The lowest BCUT2D eigenvalue weighted by Crippen LogP contribution is -2.34. The van der Waals surface area contributed by atoms with Gasteiger partial charge in [0, 0.05) is 56.4 Å². The Hall–Kier alpha value is -1.66. The van der Waals surface area contributed by atoms with E-state index in [1.165, 1.54) is 22.4 Å². The molecule has 0 saturated carbocycles. The van der Waals surface area contributed by atoms with E-state index in [9.17, 15) is 4.79 Å². The number of rotatable bonds is 3. The second-order valence-corrected chi connectivity index (χ2v) is 7.99.